The van der Waals surface area contributed by atoms with E-state index in [1.165, 1.54) is 14.0 Å². The average Bonchev–Trinajstić information content (AvgIpc) is 0.884. The van der Waals surface area contributed by atoms with Gasteiger partial charge >= 0.3 is 26.9 Å². The van der Waals surface area contributed by atoms with Crippen molar-refractivity contribution in [3.8, 4) is 0 Å². The summed E-state index contributed by atoms with van der Waals surface area (Å²) in [6.45, 7) is -10.5. The van der Waals surface area contributed by atoms with Gasteiger partial charge in [-0.2, -0.15) is 0 Å². The Labute approximate surface area is 564 Å². The zero-order chi connectivity index (χ0) is 69.1. The number of ether oxygens (including phenoxy) is 10. The average molecular weight is 1510 g/mol. The molecule has 14 N–H and O–H groups in total. The van der Waals surface area contributed by atoms with Crippen molar-refractivity contribution in [2.75, 3.05) is 146 Å². The molecule has 0 aromatic carbocycles. The van der Waals surface area contributed by atoms with E-state index in [0.717, 1.165) is 0 Å². The molecule has 41 heteroatoms. The van der Waals surface area contributed by atoms with Gasteiger partial charge in [-0.3, -0.25) is 4.79 Å². The maximum atomic E-state index is 11.7. The fraction of sp³-hybridized carbons (Fsp3) is 0.981. The van der Waals surface area contributed by atoms with E-state index in [4.69, 9.17) is 131 Å². The van der Waals surface area contributed by atoms with Crippen LogP contribution in [0.4, 0.5) is 0 Å². The first-order chi connectivity index (χ1) is 44.1. The van der Waals surface area contributed by atoms with Crippen LogP contribution >= 0.6 is 26.9 Å². The Bertz CT molecular complexity index is 2140. The third kappa shape index (κ3) is 35.0. The highest BCUT2D eigenvalue weighted by Gasteiger charge is 2.46. The number of aliphatic hydroxyl groups excluding tert-OH is 9. The summed E-state index contributed by atoms with van der Waals surface area (Å²) in [5.41, 5.74) is -1.00. The smallest absolute Gasteiger partial charge is 0.324 e. The van der Waals surface area contributed by atoms with Gasteiger partial charge < -0.3 is 154 Å². The van der Waals surface area contributed by atoms with Gasteiger partial charge in [0, 0.05) is 72.1 Å². The van der Waals surface area contributed by atoms with Crippen molar-refractivity contribution in [2.24, 2.45) is 17.3 Å². The van der Waals surface area contributed by atoms with E-state index in [0.29, 0.717) is 44.9 Å². The molecule has 3 saturated heterocycles. The predicted octanol–water partition coefficient (Wildman–Crippen LogP) is -0.286. The van der Waals surface area contributed by atoms with Crippen molar-refractivity contribution < 1.29 is 154 Å². The number of carbonyl (C=O) groups is 1. The molecule has 33 nitrogen and oxygen atoms in total. The fourth-order valence-electron chi connectivity index (χ4n) is 9.12. The highest BCUT2D eigenvalue weighted by Crippen LogP contribution is 2.46. The number of hydrogen-bond acceptors (Lipinski definition) is 32. The minimum Gasteiger partial charge on any atom is -0.394 e. The van der Waals surface area contributed by atoms with E-state index >= 15 is 0 Å². The lowest BCUT2D eigenvalue weighted by Crippen LogP contribution is -2.64. The first-order valence-corrected chi connectivity index (χ1v) is 41.1. The summed E-state index contributed by atoms with van der Waals surface area (Å²) >= 11 is 20.6. The molecule has 0 aromatic heterocycles. The lowest BCUT2D eigenvalue weighted by Gasteiger charge is -2.42. The number of hydrogen-bond donors (Lipinski definition) is 14. The third-order valence-corrected chi connectivity index (χ3v) is 21.1. The molecule has 11 unspecified atom stereocenters. The van der Waals surface area contributed by atoms with Crippen LogP contribution in [0.3, 0.4) is 0 Å². The standard InChI is InChI=1S/C52H103NO32P4S4/c1-36-43(58)45(60)39(29-54)83-49(36)73-19-5-8-22-77-87(65,91)80-26-12-16-70-33-52(32-69-15-11-25-76-86(64,90)68-4,34-71-17-13-27-81-88(66,92)78-23-9-6-20-74-50-37(2)44(59)46(61)40(30-55)84-50)35-72-18-14-28-82-89(67,93)79-24-10-7-21-75-51-42(53-38(3)57)48(63)47(62)41(31-56)85-51/h36-37,39-51,54-56,58-63H,5-35H2,1-4H3,(H,53,57)(H,64,90)(H,65,91)(H,66,92)(H,67,93)/t36-,37?,39?,40?,41?,42?,43?,44+,45-,46-,47-,48+,49+,50+,51+,52?,86?,87?,88?,89?/m0/s1. The molecule has 0 aromatic rings. The lowest BCUT2D eigenvalue weighted by molar-refractivity contribution is -0.282. The molecule has 0 aliphatic carbocycles. The second kappa shape index (κ2) is 47.2. The Balaban J connectivity index is 1.54. The summed E-state index contributed by atoms with van der Waals surface area (Å²) in [4.78, 5) is 54.0. The Morgan fingerprint density at radius 1 is 0.409 bits per heavy atom. The molecule has 93 heavy (non-hydrogen) atoms. The van der Waals surface area contributed by atoms with Gasteiger partial charge in [-0.05, 0) is 111 Å². The normalized spacial score (nSPS) is 30.2. The molecule has 0 bridgehead atoms. The molecule has 0 spiro atoms. The van der Waals surface area contributed by atoms with Crippen LogP contribution in [0.2, 0.25) is 0 Å². The number of unbranched alkanes of at least 4 members (excludes halogenated alkanes) is 3. The van der Waals surface area contributed by atoms with E-state index in [-0.39, 0.29) is 138 Å². The molecule has 3 rings (SSSR count). The molecule has 3 aliphatic heterocycles. The zero-order valence-electron chi connectivity index (χ0n) is 53.1. The molecular formula is C52H103NO32P4S4. The van der Waals surface area contributed by atoms with Gasteiger partial charge in [0.15, 0.2) is 18.9 Å². The Kier molecular flexibility index (Phi) is 44.7. The molecule has 3 aliphatic rings. The Morgan fingerprint density at radius 3 is 0.978 bits per heavy atom. The monoisotopic (exact) mass is 1510 g/mol. The SMILES string of the molecule is COP(O)(=S)OCCCOCC(COCCCOP(O)(=S)OCCCCO[C@@H]1OC(CO)[C@H](O)[C@H](O)C1C)(COCCCOP(O)(=S)OCCCCO[C@@H]1OC(CO)[C@H](O)[C@H](O)C1NC(C)=O)COCCCOP(O)(=S)OCCCCO[C@@H]1OC(CO)[C@H](O)C(O)[C@@H]1C. The first-order valence-electron chi connectivity index (χ1n) is 30.8. The molecule has 3 fully saturated rings. The summed E-state index contributed by atoms with van der Waals surface area (Å²) in [5, 5.41) is 92.6. The lowest BCUT2D eigenvalue weighted by atomic mass is 9.92. The second-order valence-corrected chi connectivity index (χ2v) is 33.8. The first kappa shape index (κ1) is 88.0. The number of carbonyl (C=O) groups excluding carboxylic acids is 1. The van der Waals surface area contributed by atoms with E-state index in [2.05, 4.69) is 5.32 Å². The van der Waals surface area contributed by atoms with E-state index in [1.807, 2.05) is 0 Å². The van der Waals surface area contributed by atoms with Crippen LogP contribution in [0.15, 0.2) is 0 Å². The molecule has 20 atom stereocenters. The van der Waals surface area contributed by atoms with Gasteiger partial charge in [0.2, 0.25) is 5.91 Å². The van der Waals surface area contributed by atoms with Crippen molar-refractivity contribution in [3.05, 3.63) is 0 Å². The van der Waals surface area contributed by atoms with Crippen molar-refractivity contribution in [1.82, 2.24) is 5.32 Å². The van der Waals surface area contributed by atoms with Crippen LogP contribution in [0.25, 0.3) is 0 Å². The summed E-state index contributed by atoms with van der Waals surface area (Å²) in [6, 6.07) is -1.10. The van der Waals surface area contributed by atoms with Gasteiger partial charge in [-0.1, -0.05) is 13.8 Å². The van der Waals surface area contributed by atoms with Crippen LogP contribution in [-0.4, -0.2) is 297 Å². The minimum atomic E-state index is -3.71. The quantitative estimate of drug-likeness (QED) is 0.0275. The molecular weight excluding hydrogens is 1400 g/mol. The van der Waals surface area contributed by atoms with Gasteiger partial charge in [0.25, 0.3) is 0 Å². The van der Waals surface area contributed by atoms with Gasteiger partial charge in [0.1, 0.15) is 48.8 Å². The number of aliphatic hydroxyl groups is 9. The van der Waals surface area contributed by atoms with Crippen molar-refractivity contribution in [3.63, 3.8) is 0 Å². The third-order valence-electron chi connectivity index (χ3n) is 14.5. The van der Waals surface area contributed by atoms with Gasteiger partial charge in [-0.25, -0.2) is 0 Å². The maximum Gasteiger partial charge on any atom is 0.324 e. The van der Waals surface area contributed by atoms with E-state index < -0.39 is 150 Å². The van der Waals surface area contributed by atoms with Crippen LogP contribution in [-0.2, 0) is 136 Å². The summed E-state index contributed by atoms with van der Waals surface area (Å²) < 4.78 is 102. The zero-order valence-corrected chi connectivity index (χ0v) is 59.9. The van der Waals surface area contributed by atoms with Crippen LogP contribution in [0.1, 0.15) is 85.0 Å². The summed E-state index contributed by atoms with van der Waals surface area (Å²) in [5.74, 6) is -1.59. The Hall–Kier alpha value is 0.830. The molecule has 3 heterocycles. The summed E-state index contributed by atoms with van der Waals surface area (Å²) in [6.07, 6.45) is -10.1. The highest BCUT2D eigenvalue weighted by molar-refractivity contribution is 8.08. The maximum absolute atomic E-state index is 11.7. The number of nitrogens with one attached hydrogen (secondary N) is 1. The molecule has 552 valence electrons. The molecule has 0 radical (unpaired) electrons. The Morgan fingerprint density at radius 2 is 0.677 bits per heavy atom. The summed E-state index contributed by atoms with van der Waals surface area (Å²) in [7, 11) is 1.24. The largest absolute Gasteiger partial charge is 0.394 e. The van der Waals surface area contributed by atoms with Gasteiger partial charge in [-0.15, -0.1) is 0 Å². The fourth-order valence-corrected chi connectivity index (χ4v) is 13.5. The molecule has 1 amide bonds. The number of rotatable bonds is 54. The van der Waals surface area contributed by atoms with Crippen molar-refractivity contribution in [1.29, 1.82) is 0 Å². The number of amides is 1. The van der Waals surface area contributed by atoms with Crippen molar-refractivity contribution in [2.45, 2.75) is 165 Å². The predicted molar refractivity (Wildman–Crippen MR) is 344 cm³/mol. The van der Waals surface area contributed by atoms with Crippen molar-refractivity contribution >= 4 is 80.0 Å². The van der Waals surface area contributed by atoms with E-state index in [9.17, 15) is 70.3 Å². The minimum absolute atomic E-state index is 0.000221. The van der Waals surface area contributed by atoms with E-state index in [1.54, 1.807) is 13.8 Å². The molecule has 0 saturated carbocycles. The van der Waals surface area contributed by atoms with Crippen LogP contribution in [0, 0.1) is 17.3 Å². The topological polar surface area (TPSA) is 458 Å². The van der Waals surface area contributed by atoms with Crippen LogP contribution in [0.5, 0.6) is 0 Å². The van der Waals surface area contributed by atoms with Crippen LogP contribution < -0.4 is 5.32 Å². The van der Waals surface area contributed by atoms with Gasteiger partial charge in [0.05, 0.1) is 110 Å². The second-order valence-electron chi connectivity index (χ2n) is 22.3. The highest BCUT2D eigenvalue weighted by atomic mass is 32.5.